The number of carbonyl (C=O) groups excluding carboxylic acids is 1. The predicted molar refractivity (Wildman–Crippen MR) is 101 cm³/mol. The minimum Gasteiger partial charge on any atom is -0.492 e. The lowest BCUT2D eigenvalue weighted by atomic mass is 10.2. The van der Waals surface area contributed by atoms with Crippen molar-refractivity contribution in [3.8, 4) is 17.1 Å². The highest BCUT2D eigenvalue weighted by atomic mass is 19.4. The van der Waals surface area contributed by atoms with E-state index in [9.17, 15) is 22.4 Å². The molecule has 2 N–H and O–H groups in total. The minimum atomic E-state index is -4.71. The Morgan fingerprint density at radius 2 is 1.90 bits per heavy atom. The number of hydrogen-bond donors (Lipinski definition) is 2. The molecule has 0 saturated carbocycles. The molecule has 0 bridgehead atoms. The predicted octanol–water partition coefficient (Wildman–Crippen LogP) is 4.18. The van der Waals surface area contributed by atoms with Crippen LogP contribution in [0, 0.1) is 5.82 Å². The van der Waals surface area contributed by atoms with E-state index in [0.29, 0.717) is 27.9 Å². The zero-order chi connectivity index (χ0) is 22.0. The number of rotatable bonds is 6. The number of fused-ring (bicyclic) bond motifs is 1. The molecule has 11 heteroatoms. The van der Waals surface area contributed by atoms with Crippen LogP contribution in [0.25, 0.3) is 22.3 Å². The Hall–Kier alpha value is -3.89. The van der Waals surface area contributed by atoms with E-state index >= 15 is 0 Å². The summed E-state index contributed by atoms with van der Waals surface area (Å²) in [5.74, 6) is -1.92. The van der Waals surface area contributed by atoms with E-state index < -0.39 is 17.9 Å². The highest BCUT2D eigenvalue weighted by Crippen LogP contribution is 2.29. The smallest absolute Gasteiger partial charge is 0.471 e. The Morgan fingerprint density at radius 1 is 1.13 bits per heavy atom. The van der Waals surface area contributed by atoms with Crippen molar-refractivity contribution >= 4 is 16.8 Å². The standard InChI is InChI=1S/C20H14F4N4O3/c21-13-3-6-15-12(9-13)10-16(26-15)18(29)25-7-8-30-14-4-1-11(2-5-14)17-27-19(31-28-17)20(22,23)24/h1-6,9-10,26H,7-8H2,(H,25,29). The van der Waals surface area contributed by atoms with Crippen LogP contribution in [0.1, 0.15) is 16.4 Å². The van der Waals surface area contributed by atoms with Gasteiger partial charge in [0.25, 0.3) is 5.91 Å². The molecule has 0 fully saturated rings. The van der Waals surface area contributed by atoms with Crippen LogP contribution >= 0.6 is 0 Å². The molecule has 0 aliphatic rings. The van der Waals surface area contributed by atoms with E-state index in [1.54, 1.807) is 12.1 Å². The third-order valence-corrected chi connectivity index (χ3v) is 4.26. The van der Waals surface area contributed by atoms with E-state index in [4.69, 9.17) is 4.74 Å². The molecule has 2 aromatic carbocycles. The van der Waals surface area contributed by atoms with Gasteiger partial charge in [-0.15, -0.1) is 0 Å². The third-order valence-electron chi connectivity index (χ3n) is 4.26. The highest BCUT2D eigenvalue weighted by molar-refractivity contribution is 5.97. The molecule has 0 aliphatic carbocycles. The number of nitrogens with one attached hydrogen (secondary N) is 2. The average Bonchev–Trinajstić information content (AvgIpc) is 3.38. The summed E-state index contributed by atoms with van der Waals surface area (Å²) in [5, 5.41) is 6.57. The summed E-state index contributed by atoms with van der Waals surface area (Å²) in [6.45, 7) is 0.352. The van der Waals surface area contributed by atoms with Crippen molar-refractivity contribution in [3.63, 3.8) is 0 Å². The van der Waals surface area contributed by atoms with Gasteiger partial charge in [0.05, 0.1) is 6.54 Å². The molecule has 2 aromatic heterocycles. The SMILES string of the molecule is O=C(NCCOc1ccc(-c2noc(C(F)(F)F)n2)cc1)c1cc2cc(F)ccc2[nH]1. The van der Waals surface area contributed by atoms with E-state index in [1.807, 2.05) is 0 Å². The second-order valence-electron chi connectivity index (χ2n) is 6.46. The first-order chi connectivity index (χ1) is 14.8. The van der Waals surface area contributed by atoms with Gasteiger partial charge in [-0.2, -0.15) is 18.2 Å². The van der Waals surface area contributed by atoms with Gasteiger partial charge in [-0.05, 0) is 48.5 Å². The summed E-state index contributed by atoms with van der Waals surface area (Å²) < 4.78 is 60.5. The first-order valence-corrected chi connectivity index (χ1v) is 9.00. The maximum Gasteiger partial charge on any atom is 0.471 e. The topological polar surface area (TPSA) is 93.0 Å². The van der Waals surface area contributed by atoms with Gasteiger partial charge in [0, 0.05) is 16.5 Å². The first-order valence-electron chi connectivity index (χ1n) is 9.00. The van der Waals surface area contributed by atoms with Crippen molar-refractivity contribution in [1.82, 2.24) is 20.4 Å². The second kappa shape index (κ2) is 8.09. The van der Waals surface area contributed by atoms with Crippen molar-refractivity contribution in [2.75, 3.05) is 13.2 Å². The van der Waals surface area contributed by atoms with E-state index in [-0.39, 0.29) is 24.9 Å². The largest absolute Gasteiger partial charge is 0.492 e. The lowest BCUT2D eigenvalue weighted by Gasteiger charge is -2.07. The van der Waals surface area contributed by atoms with E-state index in [2.05, 4.69) is 25.0 Å². The van der Waals surface area contributed by atoms with Crippen molar-refractivity contribution in [2.24, 2.45) is 0 Å². The first kappa shape index (κ1) is 20.4. The number of ether oxygens (including phenoxy) is 1. The lowest BCUT2D eigenvalue weighted by molar-refractivity contribution is -0.159. The zero-order valence-electron chi connectivity index (χ0n) is 15.7. The second-order valence-corrected chi connectivity index (χ2v) is 6.46. The van der Waals surface area contributed by atoms with Gasteiger partial charge in [0.2, 0.25) is 5.82 Å². The van der Waals surface area contributed by atoms with Crippen LogP contribution in [0.3, 0.4) is 0 Å². The van der Waals surface area contributed by atoms with Gasteiger partial charge < -0.3 is 19.6 Å². The molecular weight excluding hydrogens is 420 g/mol. The number of hydrogen-bond acceptors (Lipinski definition) is 5. The molecule has 4 rings (SSSR count). The van der Waals surface area contributed by atoms with E-state index in [0.717, 1.165) is 0 Å². The fraction of sp³-hybridized carbons (Fsp3) is 0.150. The van der Waals surface area contributed by atoms with Gasteiger partial charge in [-0.1, -0.05) is 5.16 Å². The van der Waals surface area contributed by atoms with Gasteiger partial charge in [0.1, 0.15) is 23.9 Å². The number of aromatic amines is 1. The summed E-state index contributed by atoms with van der Waals surface area (Å²) >= 11 is 0. The van der Waals surface area contributed by atoms with Crippen LogP contribution in [-0.2, 0) is 6.18 Å². The average molecular weight is 434 g/mol. The monoisotopic (exact) mass is 434 g/mol. The third kappa shape index (κ3) is 4.65. The molecule has 0 radical (unpaired) electrons. The molecule has 0 unspecified atom stereocenters. The Kier molecular flexibility index (Phi) is 5.32. The van der Waals surface area contributed by atoms with Crippen LogP contribution in [0.4, 0.5) is 17.6 Å². The Balaban J connectivity index is 1.28. The van der Waals surface area contributed by atoms with Crippen molar-refractivity contribution < 1.29 is 31.6 Å². The van der Waals surface area contributed by atoms with Crippen LogP contribution < -0.4 is 10.1 Å². The normalized spacial score (nSPS) is 11.6. The van der Waals surface area contributed by atoms with E-state index in [1.165, 1.54) is 36.4 Å². The Bertz CT molecular complexity index is 1220. The molecule has 31 heavy (non-hydrogen) atoms. The number of amides is 1. The molecule has 0 spiro atoms. The summed E-state index contributed by atoms with van der Waals surface area (Å²) in [7, 11) is 0. The summed E-state index contributed by atoms with van der Waals surface area (Å²) in [5.41, 5.74) is 1.27. The number of benzene rings is 2. The molecule has 0 saturated heterocycles. The maximum absolute atomic E-state index is 13.2. The number of alkyl halides is 3. The highest BCUT2D eigenvalue weighted by Gasteiger charge is 2.38. The molecule has 4 aromatic rings. The van der Waals surface area contributed by atoms with Crippen LogP contribution in [-0.4, -0.2) is 34.2 Å². The summed E-state index contributed by atoms with van der Waals surface area (Å²) in [6, 6.07) is 11.8. The molecule has 160 valence electrons. The summed E-state index contributed by atoms with van der Waals surface area (Å²) in [6.07, 6.45) is -4.71. The van der Waals surface area contributed by atoms with Crippen LogP contribution in [0.2, 0.25) is 0 Å². The maximum atomic E-state index is 13.2. The fourth-order valence-corrected chi connectivity index (χ4v) is 2.81. The van der Waals surface area contributed by atoms with Crippen LogP contribution in [0.15, 0.2) is 53.1 Å². The molecular formula is C20H14F4N4O3. The fourth-order valence-electron chi connectivity index (χ4n) is 2.81. The lowest BCUT2D eigenvalue weighted by Crippen LogP contribution is -2.28. The Morgan fingerprint density at radius 3 is 2.61 bits per heavy atom. The van der Waals surface area contributed by atoms with Crippen LogP contribution in [0.5, 0.6) is 5.75 Å². The number of nitrogens with zero attached hydrogens (tertiary/aromatic N) is 2. The van der Waals surface area contributed by atoms with Gasteiger partial charge >= 0.3 is 12.1 Å². The van der Waals surface area contributed by atoms with Gasteiger partial charge in [-0.3, -0.25) is 4.79 Å². The number of H-pyrrole nitrogens is 1. The number of carbonyl (C=O) groups is 1. The van der Waals surface area contributed by atoms with Crippen molar-refractivity contribution in [1.29, 1.82) is 0 Å². The molecule has 1 amide bonds. The molecule has 7 nitrogen and oxygen atoms in total. The van der Waals surface area contributed by atoms with Gasteiger partial charge in [-0.25, -0.2) is 4.39 Å². The zero-order valence-corrected chi connectivity index (χ0v) is 15.7. The molecule has 2 heterocycles. The summed E-state index contributed by atoms with van der Waals surface area (Å²) in [4.78, 5) is 18.4. The van der Waals surface area contributed by atoms with Crippen molar-refractivity contribution in [3.05, 3.63) is 65.9 Å². The number of aromatic nitrogens is 3. The number of halogens is 4. The quantitative estimate of drug-likeness (QED) is 0.351. The molecule has 0 aliphatic heterocycles. The molecule has 0 atom stereocenters. The van der Waals surface area contributed by atoms with Crippen molar-refractivity contribution in [2.45, 2.75) is 6.18 Å². The van der Waals surface area contributed by atoms with Gasteiger partial charge in [0.15, 0.2) is 0 Å². The Labute approximate surface area is 172 Å². The minimum absolute atomic E-state index is 0.153.